The molecule has 142 valence electrons. The second-order valence-corrected chi connectivity index (χ2v) is 6.76. The Morgan fingerprint density at radius 2 is 1.96 bits per heavy atom. The molecule has 2 aromatic carbocycles. The van der Waals surface area contributed by atoms with Crippen molar-refractivity contribution in [3.05, 3.63) is 60.2 Å². The van der Waals surface area contributed by atoms with E-state index in [9.17, 15) is 4.79 Å². The number of anilines is 1. The number of amidine groups is 1. The molecule has 3 rings (SSSR count). The highest BCUT2D eigenvalue weighted by Gasteiger charge is 2.23. The van der Waals surface area contributed by atoms with Gasteiger partial charge in [-0.2, -0.15) is 4.99 Å². The Bertz CT molecular complexity index is 775. The number of nitrogens with two attached hydrogens (primary N) is 1. The normalized spacial score (nSPS) is 18.1. The molecule has 1 aliphatic rings. The van der Waals surface area contributed by atoms with Crippen molar-refractivity contribution in [3.63, 3.8) is 0 Å². The molecule has 1 atom stereocenters. The Balaban J connectivity index is 1.56. The molecule has 0 saturated carbocycles. The number of aliphatic imine (C=N–C) groups is 1. The van der Waals surface area contributed by atoms with E-state index in [1.54, 1.807) is 31.4 Å². The molecular weight excluding hydrogens is 340 g/mol. The van der Waals surface area contributed by atoms with Crippen molar-refractivity contribution in [1.29, 1.82) is 0 Å². The summed E-state index contributed by atoms with van der Waals surface area (Å²) < 4.78 is 5.11. The monoisotopic (exact) mass is 366 g/mol. The van der Waals surface area contributed by atoms with E-state index in [2.05, 4.69) is 39.5 Å². The number of rotatable bonds is 5. The highest BCUT2D eigenvalue weighted by atomic mass is 16.5. The van der Waals surface area contributed by atoms with Gasteiger partial charge in [0.25, 0.3) is 0 Å². The second kappa shape index (κ2) is 9.19. The molecule has 0 radical (unpaired) electrons. The zero-order valence-corrected chi connectivity index (χ0v) is 15.6. The molecule has 1 heterocycles. The van der Waals surface area contributed by atoms with E-state index >= 15 is 0 Å². The SMILES string of the molecule is COc1ccc(NC(=O)/N=C(\N)C2CCCN(Cc3ccccc3)C2)cc1. The zero-order valence-electron chi connectivity index (χ0n) is 15.6. The van der Waals surface area contributed by atoms with Crippen molar-refractivity contribution in [2.75, 3.05) is 25.5 Å². The molecule has 1 unspecified atom stereocenters. The van der Waals surface area contributed by atoms with Gasteiger partial charge in [-0.05, 0) is 49.2 Å². The van der Waals surface area contributed by atoms with E-state index in [1.165, 1.54) is 5.56 Å². The fourth-order valence-electron chi connectivity index (χ4n) is 3.32. The third-order valence-electron chi connectivity index (χ3n) is 4.74. The molecule has 6 heteroatoms. The average molecular weight is 366 g/mol. The molecule has 3 N–H and O–H groups in total. The van der Waals surface area contributed by atoms with Crippen LogP contribution in [0.2, 0.25) is 0 Å². The van der Waals surface area contributed by atoms with Crippen LogP contribution in [0.4, 0.5) is 10.5 Å². The average Bonchev–Trinajstić information content (AvgIpc) is 2.69. The van der Waals surface area contributed by atoms with Crippen molar-refractivity contribution in [2.45, 2.75) is 19.4 Å². The minimum Gasteiger partial charge on any atom is -0.497 e. The van der Waals surface area contributed by atoms with Gasteiger partial charge in [0.2, 0.25) is 0 Å². The van der Waals surface area contributed by atoms with E-state index in [-0.39, 0.29) is 5.92 Å². The van der Waals surface area contributed by atoms with Gasteiger partial charge in [0.05, 0.1) is 7.11 Å². The van der Waals surface area contributed by atoms with Gasteiger partial charge in [-0.25, -0.2) is 4.79 Å². The Labute approximate surface area is 160 Å². The Hall–Kier alpha value is -2.86. The third kappa shape index (κ3) is 5.56. The first kappa shape index (κ1) is 18.9. The van der Waals surface area contributed by atoms with Crippen LogP contribution >= 0.6 is 0 Å². The smallest absolute Gasteiger partial charge is 0.347 e. The summed E-state index contributed by atoms with van der Waals surface area (Å²) >= 11 is 0. The molecule has 2 aromatic rings. The number of urea groups is 1. The fraction of sp³-hybridized carbons (Fsp3) is 0.333. The first-order chi connectivity index (χ1) is 13.1. The number of ether oxygens (including phenoxy) is 1. The number of benzene rings is 2. The van der Waals surface area contributed by atoms with Crippen LogP contribution in [-0.2, 0) is 6.54 Å². The van der Waals surface area contributed by atoms with Gasteiger partial charge < -0.3 is 15.8 Å². The first-order valence-electron chi connectivity index (χ1n) is 9.19. The number of methoxy groups -OCH3 is 1. The van der Waals surface area contributed by atoms with Crippen molar-refractivity contribution in [2.24, 2.45) is 16.6 Å². The quantitative estimate of drug-likeness (QED) is 0.627. The van der Waals surface area contributed by atoms with E-state index in [1.807, 2.05) is 6.07 Å². The highest BCUT2D eigenvalue weighted by molar-refractivity contribution is 6.00. The van der Waals surface area contributed by atoms with Crippen molar-refractivity contribution in [3.8, 4) is 5.75 Å². The van der Waals surface area contributed by atoms with Gasteiger partial charge in [0.15, 0.2) is 0 Å². The maximum absolute atomic E-state index is 12.2. The summed E-state index contributed by atoms with van der Waals surface area (Å²) in [5, 5.41) is 2.74. The maximum Gasteiger partial charge on any atom is 0.347 e. The van der Waals surface area contributed by atoms with Gasteiger partial charge in [-0.1, -0.05) is 30.3 Å². The largest absolute Gasteiger partial charge is 0.497 e. The minimum absolute atomic E-state index is 0.101. The lowest BCUT2D eigenvalue weighted by molar-refractivity contribution is 0.196. The van der Waals surface area contributed by atoms with Crippen molar-refractivity contribution in [1.82, 2.24) is 4.90 Å². The van der Waals surface area contributed by atoms with Crippen molar-refractivity contribution >= 4 is 17.6 Å². The fourth-order valence-corrected chi connectivity index (χ4v) is 3.32. The van der Waals surface area contributed by atoms with E-state index in [4.69, 9.17) is 10.5 Å². The summed E-state index contributed by atoms with van der Waals surface area (Å²) in [6.07, 6.45) is 2.00. The number of piperidine rings is 1. The number of carbonyl (C=O) groups excluding carboxylic acids is 1. The Morgan fingerprint density at radius 1 is 1.22 bits per heavy atom. The summed E-state index contributed by atoms with van der Waals surface area (Å²) in [6.45, 7) is 2.75. The van der Waals surface area contributed by atoms with Gasteiger partial charge >= 0.3 is 6.03 Å². The van der Waals surface area contributed by atoms with Crippen molar-refractivity contribution < 1.29 is 9.53 Å². The molecule has 27 heavy (non-hydrogen) atoms. The summed E-state index contributed by atoms with van der Waals surface area (Å²) in [5.41, 5.74) is 8.09. The van der Waals surface area contributed by atoms with Gasteiger partial charge in [0, 0.05) is 24.7 Å². The number of amides is 2. The number of nitrogens with zero attached hydrogens (tertiary/aromatic N) is 2. The number of nitrogens with one attached hydrogen (secondary N) is 1. The van der Waals surface area contributed by atoms with Crippen LogP contribution in [0.15, 0.2) is 59.6 Å². The molecule has 1 aliphatic heterocycles. The molecule has 0 bridgehead atoms. The predicted octanol–water partition coefficient (Wildman–Crippen LogP) is 3.50. The number of carbonyl (C=O) groups is 1. The van der Waals surface area contributed by atoms with Crippen LogP contribution in [-0.4, -0.2) is 37.0 Å². The number of likely N-dealkylation sites (tertiary alicyclic amines) is 1. The van der Waals surface area contributed by atoms with E-state index < -0.39 is 6.03 Å². The standard InChI is InChI=1S/C21H26N4O2/c1-27-19-11-9-18(10-12-19)23-21(26)24-20(22)17-8-5-13-25(15-17)14-16-6-3-2-4-7-16/h2-4,6-7,9-12,17H,5,8,13-15H2,1H3,(H3,22,23,24,26). The lowest BCUT2D eigenvalue weighted by Crippen LogP contribution is -2.41. The number of hydrogen-bond acceptors (Lipinski definition) is 3. The number of hydrogen-bond donors (Lipinski definition) is 2. The second-order valence-electron chi connectivity index (χ2n) is 6.76. The van der Waals surface area contributed by atoms with Crippen LogP contribution in [0, 0.1) is 5.92 Å². The summed E-state index contributed by atoms with van der Waals surface area (Å²) in [7, 11) is 1.60. The summed E-state index contributed by atoms with van der Waals surface area (Å²) in [6, 6.07) is 17.0. The van der Waals surface area contributed by atoms with Gasteiger partial charge in [-0.15, -0.1) is 0 Å². The Morgan fingerprint density at radius 3 is 2.67 bits per heavy atom. The van der Waals surface area contributed by atoms with Crippen LogP contribution < -0.4 is 15.8 Å². The topological polar surface area (TPSA) is 79.9 Å². The predicted molar refractivity (Wildman–Crippen MR) is 108 cm³/mol. The van der Waals surface area contributed by atoms with E-state index in [0.717, 1.165) is 38.2 Å². The van der Waals surface area contributed by atoms with Crippen LogP contribution in [0.25, 0.3) is 0 Å². The summed E-state index contributed by atoms with van der Waals surface area (Å²) in [5.74, 6) is 1.24. The van der Waals surface area contributed by atoms with E-state index in [0.29, 0.717) is 11.5 Å². The van der Waals surface area contributed by atoms with Crippen LogP contribution in [0.1, 0.15) is 18.4 Å². The Kier molecular flexibility index (Phi) is 6.44. The third-order valence-corrected chi connectivity index (χ3v) is 4.74. The molecule has 0 aliphatic carbocycles. The van der Waals surface area contributed by atoms with Gasteiger partial charge in [0.1, 0.15) is 11.6 Å². The van der Waals surface area contributed by atoms with Gasteiger partial charge in [-0.3, -0.25) is 4.90 Å². The molecule has 6 nitrogen and oxygen atoms in total. The molecule has 2 amide bonds. The molecule has 1 saturated heterocycles. The molecule has 1 fully saturated rings. The zero-order chi connectivity index (χ0) is 19.1. The first-order valence-corrected chi connectivity index (χ1v) is 9.19. The molecular formula is C21H26N4O2. The highest BCUT2D eigenvalue weighted by Crippen LogP contribution is 2.19. The maximum atomic E-state index is 12.2. The molecule has 0 aromatic heterocycles. The van der Waals surface area contributed by atoms with Crippen LogP contribution in [0.5, 0.6) is 5.75 Å². The molecule has 0 spiro atoms. The summed E-state index contributed by atoms with van der Waals surface area (Å²) in [4.78, 5) is 18.6. The van der Waals surface area contributed by atoms with Crippen LogP contribution in [0.3, 0.4) is 0 Å². The lowest BCUT2D eigenvalue weighted by atomic mass is 9.96. The minimum atomic E-state index is -0.446. The lowest BCUT2D eigenvalue weighted by Gasteiger charge is -2.32.